The average molecular weight is 476 g/mol. The number of pyridine rings is 1. The second kappa shape index (κ2) is 10.7. The van der Waals surface area contributed by atoms with E-state index in [0.29, 0.717) is 49.3 Å². The molecule has 0 radical (unpaired) electrons. The Balaban J connectivity index is 1.84. The number of anilines is 1. The van der Waals surface area contributed by atoms with Crippen molar-refractivity contribution in [2.24, 2.45) is 5.92 Å². The molecular formula is C23H30BrN3O3. The summed E-state index contributed by atoms with van der Waals surface area (Å²) in [5.74, 6) is 2.37. The molecule has 1 aromatic heterocycles. The Morgan fingerprint density at radius 1 is 1.17 bits per heavy atom. The highest BCUT2D eigenvalue weighted by Gasteiger charge is 2.33. The van der Waals surface area contributed by atoms with Gasteiger partial charge in [0, 0.05) is 29.8 Å². The van der Waals surface area contributed by atoms with Crippen LogP contribution < -0.4 is 14.8 Å². The summed E-state index contributed by atoms with van der Waals surface area (Å²) in [5, 5.41) is 3.38. The summed E-state index contributed by atoms with van der Waals surface area (Å²) in [6.45, 7) is 8.38. The number of carbonyl (C=O) groups excluding carboxylic acids is 1. The van der Waals surface area contributed by atoms with E-state index in [1.165, 1.54) is 0 Å². The van der Waals surface area contributed by atoms with Crippen molar-refractivity contribution in [2.45, 2.75) is 39.7 Å². The Bertz CT molecular complexity index is 820. The molecular weight excluding hydrogens is 446 g/mol. The normalized spacial score (nSPS) is 18.7. The third-order valence-electron chi connectivity index (χ3n) is 5.25. The molecule has 1 aromatic carbocycles. The van der Waals surface area contributed by atoms with E-state index in [1.807, 2.05) is 49.1 Å². The smallest absolute Gasteiger partial charge is 0.261 e. The van der Waals surface area contributed by atoms with E-state index in [-0.39, 0.29) is 11.9 Å². The third-order valence-corrected chi connectivity index (χ3v) is 5.72. The van der Waals surface area contributed by atoms with Crippen molar-refractivity contribution in [3.05, 3.63) is 46.6 Å². The molecule has 7 heteroatoms. The summed E-state index contributed by atoms with van der Waals surface area (Å²) in [6.07, 6.45) is 3.80. The molecule has 2 heterocycles. The molecule has 30 heavy (non-hydrogen) atoms. The second-order valence-corrected chi connectivity index (χ2v) is 8.45. The van der Waals surface area contributed by atoms with Crippen LogP contribution in [0.15, 0.2) is 41.0 Å². The number of halogens is 1. The molecule has 1 amide bonds. The van der Waals surface area contributed by atoms with E-state index >= 15 is 0 Å². The maximum Gasteiger partial charge on any atom is 0.261 e. The van der Waals surface area contributed by atoms with Gasteiger partial charge in [-0.3, -0.25) is 4.79 Å². The first kappa shape index (κ1) is 22.4. The highest BCUT2D eigenvalue weighted by Crippen LogP contribution is 2.33. The Morgan fingerprint density at radius 3 is 2.47 bits per heavy atom. The van der Waals surface area contributed by atoms with Crippen LogP contribution in [0, 0.1) is 5.92 Å². The number of piperidine rings is 1. The maximum absolute atomic E-state index is 13.7. The molecule has 2 aromatic rings. The predicted octanol–water partition coefficient (Wildman–Crippen LogP) is 4.99. The van der Waals surface area contributed by atoms with Gasteiger partial charge in [-0.1, -0.05) is 13.0 Å². The number of hydrogen-bond donors (Lipinski definition) is 1. The Kier molecular flexibility index (Phi) is 7.96. The number of benzene rings is 1. The minimum Gasteiger partial charge on any atom is -0.493 e. The molecule has 1 aliphatic heterocycles. The van der Waals surface area contributed by atoms with Gasteiger partial charge in [0.2, 0.25) is 0 Å². The summed E-state index contributed by atoms with van der Waals surface area (Å²) in [5.41, 5.74) is 0.516. The van der Waals surface area contributed by atoms with E-state index in [4.69, 9.17) is 9.47 Å². The van der Waals surface area contributed by atoms with Crippen molar-refractivity contribution in [1.82, 2.24) is 9.88 Å². The van der Waals surface area contributed by atoms with Crippen molar-refractivity contribution < 1.29 is 14.3 Å². The third kappa shape index (κ3) is 5.45. The lowest BCUT2D eigenvalue weighted by Crippen LogP contribution is -2.49. The van der Waals surface area contributed by atoms with Gasteiger partial charge in [-0.15, -0.1) is 0 Å². The van der Waals surface area contributed by atoms with Crippen LogP contribution in [0.4, 0.5) is 5.82 Å². The molecule has 1 saturated heterocycles. The zero-order valence-electron chi connectivity index (χ0n) is 17.9. The van der Waals surface area contributed by atoms with Gasteiger partial charge in [-0.25, -0.2) is 4.98 Å². The number of amides is 1. The number of likely N-dealkylation sites (tertiary alicyclic amines) is 1. The van der Waals surface area contributed by atoms with Gasteiger partial charge >= 0.3 is 0 Å². The van der Waals surface area contributed by atoms with Gasteiger partial charge in [0.05, 0.1) is 13.2 Å². The van der Waals surface area contributed by atoms with Crippen LogP contribution in [0.25, 0.3) is 0 Å². The molecule has 2 atom stereocenters. The average Bonchev–Trinajstić information content (AvgIpc) is 2.74. The molecule has 1 aliphatic rings. The number of ether oxygens (including phenoxy) is 2. The Labute approximate surface area is 187 Å². The number of rotatable bonds is 8. The second-order valence-electron chi connectivity index (χ2n) is 7.53. The number of carbonyl (C=O) groups is 1. The van der Waals surface area contributed by atoms with E-state index in [9.17, 15) is 4.79 Å². The van der Waals surface area contributed by atoms with E-state index in [2.05, 4.69) is 33.2 Å². The summed E-state index contributed by atoms with van der Waals surface area (Å²) in [7, 11) is 0. The molecule has 0 unspecified atom stereocenters. The van der Waals surface area contributed by atoms with Crippen LogP contribution in [0.5, 0.6) is 11.5 Å². The zero-order chi connectivity index (χ0) is 21.5. The van der Waals surface area contributed by atoms with Crippen molar-refractivity contribution in [3.8, 4) is 11.5 Å². The van der Waals surface area contributed by atoms with E-state index in [0.717, 1.165) is 23.1 Å². The minimum atomic E-state index is -0.0374. The molecule has 6 nitrogen and oxygen atoms in total. The lowest BCUT2D eigenvalue weighted by molar-refractivity contribution is 0.0557. The van der Waals surface area contributed by atoms with Gasteiger partial charge in [-0.2, -0.15) is 0 Å². The van der Waals surface area contributed by atoms with E-state index < -0.39 is 0 Å². The topological polar surface area (TPSA) is 63.7 Å². The Hall–Kier alpha value is -2.28. The standard InChI is InChI=1S/C23H30BrN3O3/c1-4-29-19-7-6-8-20(30-5-2)22(19)23(28)27-15-16(3)9-11-18(27)14-26-21-12-10-17(24)13-25-21/h6-8,10,12-13,16,18H,4-5,9,11,14-15H2,1-3H3,(H,25,26)/t16-,18-/m0/s1. The first-order chi connectivity index (χ1) is 14.5. The fourth-order valence-electron chi connectivity index (χ4n) is 3.79. The van der Waals surface area contributed by atoms with Crippen LogP contribution in [0.1, 0.15) is 44.0 Å². The van der Waals surface area contributed by atoms with Gasteiger partial charge < -0.3 is 19.7 Å². The molecule has 1 N–H and O–H groups in total. The molecule has 162 valence electrons. The highest BCUT2D eigenvalue weighted by atomic mass is 79.9. The van der Waals surface area contributed by atoms with Crippen molar-refractivity contribution in [1.29, 1.82) is 0 Å². The summed E-state index contributed by atoms with van der Waals surface area (Å²) >= 11 is 3.41. The summed E-state index contributed by atoms with van der Waals surface area (Å²) in [4.78, 5) is 20.1. The van der Waals surface area contributed by atoms with Crippen LogP contribution in [-0.2, 0) is 0 Å². The van der Waals surface area contributed by atoms with Crippen molar-refractivity contribution in [3.63, 3.8) is 0 Å². The van der Waals surface area contributed by atoms with Crippen LogP contribution in [0.2, 0.25) is 0 Å². The van der Waals surface area contributed by atoms with Crippen molar-refractivity contribution in [2.75, 3.05) is 31.6 Å². The van der Waals surface area contributed by atoms with Crippen LogP contribution in [-0.4, -0.2) is 48.1 Å². The SMILES string of the molecule is CCOc1cccc(OCC)c1C(=O)N1C[C@@H](C)CC[C@H]1CNc1ccc(Br)cn1. The fourth-order valence-corrected chi connectivity index (χ4v) is 4.02. The summed E-state index contributed by atoms with van der Waals surface area (Å²) in [6, 6.07) is 9.50. The molecule has 0 spiro atoms. The summed E-state index contributed by atoms with van der Waals surface area (Å²) < 4.78 is 12.5. The lowest BCUT2D eigenvalue weighted by Gasteiger charge is -2.39. The predicted molar refractivity (Wildman–Crippen MR) is 122 cm³/mol. The van der Waals surface area contributed by atoms with Gasteiger partial charge in [0.15, 0.2) is 0 Å². The van der Waals surface area contributed by atoms with Gasteiger partial charge in [-0.05, 0) is 72.8 Å². The first-order valence-corrected chi connectivity index (χ1v) is 11.4. The largest absolute Gasteiger partial charge is 0.493 e. The number of nitrogens with one attached hydrogen (secondary N) is 1. The molecule has 0 bridgehead atoms. The number of aromatic nitrogens is 1. The maximum atomic E-state index is 13.7. The minimum absolute atomic E-state index is 0.0374. The molecule has 3 rings (SSSR count). The van der Waals surface area contributed by atoms with Gasteiger partial charge in [0.25, 0.3) is 5.91 Å². The number of nitrogens with zero attached hydrogens (tertiary/aromatic N) is 2. The van der Waals surface area contributed by atoms with E-state index in [1.54, 1.807) is 6.20 Å². The van der Waals surface area contributed by atoms with Crippen molar-refractivity contribution >= 4 is 27.7 Å². The lowest BCUT2D eigenvalue weighted by atomic mass is 9.93. The molecule has 0 saturated carbocycles. The molecule has 0 aliphatic carbocycles. The first-order valence-electron chi connectivity index (χ1n) is 10.6. The monoisotopic (exact) mass is 475 g/mol. The Morgan fingerprint density at radius 2 is 1.87 bits per heavy atom. The fraction of sp³-hybridized carbons (Fsp3) is 0.478. The molecule has 1 fully saturated rings. The zero-order valence-corrected chi connectivity index (χ0v) is 19.4. The van der Waals surface area contributed by atoms with Gasteiger partial charge in [0.1, 0.15) is 22.9 Å². The quantitative estimate of drug-likeness (QED) is 0.582. The van der Waals surface area contributed by atoms with Crippen LogP contribution >= 0.6 is 15.9 Å². The van der Waals surface area contributed by atoms with Crippen LogP contribution in [0.3, 0.4) is 0 Å². The highest BCUT2D eigenvalue weighted by molar-refractivity contribution is 9.10. The number of hydrogen-bond acceptors (Lipinski definition) is 5.